The number of hydrogen-bond acceptors (Lipinski definition) is 6. The van der Waals surface area contributed by atoms with Gasteiger partial charge < -0.3 is 14.4 Å². The molecule has 19 heavy (non-hydrogen) atoms. The van der Waals surface area contributed by atoms with E-state index in [2.05, 4.69) is 15.0 Å². The lowest BCUT2D eigenvalue weighted by atomic mass is 9.96. The van der Waals surface area contributed by atoms with Crippen molar-refractivity contribution in [2.45, 2.75) is 57.9 Å². The van der Waals surface area contributed by atoms with Crippen molar-refractivity contribution in [3.8, 4) is 0 Å². The summed E-state index contributed by atoms with van der Waals surface area (Å²) >= 11 is 0. The highest BCUT2D eigenvalue weighted by Crippen LogP contribution is 2.22. The minimum Gasteiger partial charge on any atom is -0.392 e. The van der Waals surface area contributed by atoms with E-state index in [1.54, 1.807) is 7.11 Å². The third-order valence-electron chi connectivity index (χ3n) is 3.65. The highest BCUT2D eigenvalue weighted by molar-refractivity contribution is 4.90. The van der Waals surface area contributed by atoms with Gasteiger partial charge in [-0.2, -0.15) is 4.98 Å². The lowest BCUT2D eigenvalue weighted by molar-refractivity contribution is 0.0179. The molecule has 6 nitrogen and oxygen atoms in total. The lowest BCUT2D eigenvalue weighted by Crippen LogP contribution is -2.46. The molecule has 2 unspecified atom stereocenters. The number of aromatic nitrogens is 2. The Morgan fingerprint density at radius 2 is 2.37 bits per heavy atom. The van der Waals surface area contributed by atoms with Crippen molar-refractivity contribution in [3.63, 3.8) is 0 Å². The van der Waals surface area contributed by atoms with E-state index in [1.165, 1.54) is 6.42 Å². The van der Waals surface area contributed by atoms with Gasteiger partial charge in [-0.25, -0.2) is 0 Å². The first-order chi connectivity index (χ1) is 9.24. The van der Waals surface area contributed by atoms with E-state index in [0.29, 0.717) is 24.9 Å². The minimum atomic E-state index is -0.273. The van der Waals surface area contributed by atoms with Crippen molar-refractivity contribution in [2.75, 3.05) is 13.7 Å². The van der Waals surface area contributed by atoms with Crippen molar-refractivity contribution in [1.29, 1.82) is 0 Å². The summed E-state index contributed by atoms with van der Waals surface area (Å²) in [5, 5.41) is 14.1. The van der Waals surface area contributed by atoms with Gasteiger partial charge >= 0.3 is 0 Å². The molecule has 1 aliphatic rings. The van der Waals surface area contributed by atoms with E-state index in [9.17, 15) is 5.11 Å². The molecule has 108 valence electrons. The van der Waals surface area contributed by atoms with Crippen LogP contribution in [0.5, 0.6) is 0 Å². The van der Waals surface area contributed by atoms with Crippen LogP contribution >= 0.6 is 0 Å². The van der Waals surface area contributed by atoms with Gasteiger partial charge in [-0.3, -0.25) is 4.90 Å². The molecule has 0 bridgehead atoms. The fourth-order valence-corrected chi connectivity index (χ4v) is 2.64. The van der Waals surface area contributed by atoms with E-state index in [4.69, 9.17) is 9.26 Å². The highest BCUT2D eigenvalue weighted by atomic mass is 16.5. The largest absolute Gasteiger partial charge is 0.392 e. The summed E-state index contributed by atoms with van der Waals surface area (Å²) in [4.78, 5) is 6.55. The molecule has 1 aromatic heterocycles. The molecule has 2 atom stereocenters. The zero-order chi connectivity index (χ0) is 13.7. The van der Waals surface area contributed by atoms with Gasteiger partial charge in [0.05, 0.1) is 12.6 Å². The molecule has 0 aliphatic carbocycles. The van der Waals surface area contributed by atoms with Gasteiger partial charge in [-0.15, -0.1) is 0 Å². The number of rotatable bonds is 6. The predicted molar refractivity (Wildman–Crippen MR) is 69.4 cm³/mol. The summed E-state index contributed by atoms with van der Waals surface area (Å²) in [6.07, 6.45) is 3.89. The fourth-order valence-electron chi connectivity index (χ4n) is 2.64. The van der Waals surface area contributed by atoms with Crippen LogP contribution in [0.1, 0.15) is 44.3 Å². The van der Waals surface area contributed by atoms with E-state index in [-0.39, 0.29) is 12.1 Å². The summed E-state index contributed by atoms with van der Waals surface area (Å²) in [6, 6.07) is 0.211. The predicted octanol–water partition coefficient (Wildman–Crippen LogP) is 1.34. The first-order valence-electron chi connectivity index (χ1n) is 6.97. The number of ether oxygens (including phenoxy) is 1. The van der Waals surface area contributed by atoms with Crippen LogP contribution in [0, 0.1) is 0 Å². The Bertz CT molecular complexity index is 383. The molecule has 1 N–H and O–H groups in total. The second-order valence-electron chi connectivity index (χ2n) is 5.05. The highest BCUT2D eigenvalue weighted by Gasteiger charge is 2.28. The molecular weight excluding hydrogens is 246 g/mol. The van der Waals surface area contributed by atoms with Crippen LogP contribution in [-0.2, 0) is 17.9 Å². The Labute approximate surface area is 113 Å². The fraction of sp³-hybridized carbons (Fsp3) is 0.846. The minimum absolute atomic E-state index is 0.211. The molecule has 0 radical (unpaired) electrons. The van der Waals surface area contributed by atoms with Crippen LogP contribution in [0.15, 0.2) is 4.52 Å². The van der Waals surface area contributed by atoms with Crippen LogP contribution < -0.4 is 0 Å². The van der Waals surface area contributed by atoms with Gasteiger partial charge in [0.2, 0.25) is 0 Å². The van der Waals surface area contributed by atoms with Crippen LogP contribution in [0.25, 0.3) is 0 Å². The summed E-state index contributed by atoms with van der Waals surface area (Å²) in [6.45, 7) is 3.97. The molecular formula is C13H23N3O3. The number of aliphatic hydroxyl groups is 1. The van der Waals surface area contributed by atoms with E-state index < -0.39 is 0 Å². The van der Waals surface area contributed by atoms with Gasteiger partial charge in [-0.05, 0) is 25.8 Å². The third-order valence-corrected chi connectivity index (χ3v) is 3.65. The summed E-state index contributed by atoms with van der Waals surface area (Å²) in [5.41, 5.74) is 0. The van der Waals surface area contributed by atoms with E-state index >= 15 is 0 Å². The molecule has 2 rings (SSSR count). The molecule has 6 heteroatoms. The van der Waals surface area contributed by atoms with Crippen LogP contribution in [0.4, 0.5) is 0 Å². The Morgan fingerprint density at radius 3 is 3.11 bits per heavy atom. The molecule has 1 aromatic rings. The van der Waals surface area contributed by atoms with Crippen LogP contribution in [0.2, 0.25) is 0 Å². The number of likely N-dealkylation sites (tertiary alicyclic amines) is 1. The quantitative estimate of drug-likeness (QED) is 0.840. The standard InChI is InChI=1S/C13H23N3O3/c1-3-11(17)10-6-4-5-7-16(10)8-12-14-13(9-18-2)19-15-12/h10-11,17H,3-9H2,1-2H3. The van der Waals surface area contributed by atoms with Crippen molar-refractivity contribution < 1.29 is 14.4 Å². The number of nitrogens with zero attached hydrogens (tertiary/aromatic N) is 3. The molecule has 0 aromatic carbocycles. The summed E-state index contributed by atoms with van der Waals surface area (Å²) in [7, 11) is 1.60. The number of aliphatic hydroxyl groups excluding tert-OH is 1. The van der Waals surface area contributed by atoms with Crippen LogP contribution in [0.3, 0.4) is 0 Å². The number of hydrogen-bond donors (Lipinski definition) is 1. The van der Waals surface area contributed by atoms with Gasteiger partial charge in [0.15, 0.2) is 5.82 Å². The summed E-state index contributed by atoms with van der Waals surface area (Å²) < 4.78 is 10.1. The second kappa shape index (κ2) is 6.98. The average molecular weight is 269 g/mol. The van der Waals surface area contributed by atoms with Crippen LogP contribution in [-0.4, -0.2) is 45.9 Å². The average Bonchev–Trinajstić information content (AvgIpc) is 2.86. The Morgan fingerprint density at radius 1 is 1.53 bits per heavy atom. The smallest absolute Gasteiger partial charge is 0.252 e. The van der Waals surface area contributed by atoms with Crippen molar-refractivity contribution in [1.82, 2.24) is 15.0 Å². The molecule has 2 heterocycles. The first-order valence-corrected chi connectivity index (χ1v) is 6.97. The van der Waals surface area contributed by atoms with E-state index in [1.807, 2.05) is 6.92 Å². The molecule has 0 saturated carbocycles. The Balaban J connectivity index is 1.98. The zero-order valence-corrected chi connectivity index (χ0v) is 11.7. The van der Waals surface area contributed by atoms with Crippen molar-refractivity contribution in [2.24, 2.45) is 0 Å². The normalized spacial score (nSPS) is 22.6. The zero-order valence-electron chi connectivity index (χ0n) is 11.7. The monoisotopic (exact) mass is 269 g/mol. The molecule has 1 aliphatic heterocycles. The Kier molecular flexibility index (Phi) is 5.30. The van der Waals surface area contributed by atoms with Gasteiger partial charge in [-0.1, -0.05) is 18.5 Å². The van der Waals surface area contributed by atoms with Crippen molar-refractivity contribution in [3.05, 3.63) is 11.7 Å². The molecule has 1 saturated heterocycles. The van der Waals surface area contributed by atoms with Gasteiger partial charge in [0, 0.05) is 13.2 Å². The topological polar surface area (TPSA) is 71.6 Å². The number of methoxy groups -OCH3 is 1. The Hall–Kier alpha value is -0.980. The lowest BCUT2D eigenvalue weighted by Gasteiger charge is -2.37. The summed E-state index contributed by atoms with van der Waals surface area (Å²) in [5.74, 6) is 1.17. The SMILES string of the molecule is CCC(O)C1CCCCN1Cc1noc(COC)n1. The maximum Gasteiger partial charge on any atom is 0.252 e. The second-order valence-corrected chi connectivity index (χ2v) is 5.05. The maximum atomic E-state index is 10.1. The van der Waals surface area contributed by atoms with Gasteiger partial charge in [0.25, 0.3) is 5.89 Å². The number of piperidine rings is 1. The third kappa shape index (κ3) is 3.75. The first kappa shape index (κ1) is 14.4. The van der Waals surface area contributed by atoms with Crippen molar-refractivity contribution >= 4 is 0 Å². The molecule has 1 fully saturated rings. The van der Waals surface area contributed by atoms with Gasteiger partial charge in [0.1, 0.15) is 6.61 Å². The molecule has 0 spiro atoms. The molecule has 0 amide bonds. The maximum absolute atomic E-state index is 10.1. The van der Waals surface area contributed by atoms with E-state index in [0.717, 1.165) is 25.8 Å².